The molecule has 0 N–H and O–H groups in total. The van der Waals surface area contributed by atoms with Crippen LogP contribution in [0.3, 0.4) is 0 Å². The molecule has 4 aromatic carbocycles. The Labute approximate surface area is 319 Å². The van der Waals surface area contributed by atoms with Gasteiger partial charge in [-0.25, -0.2) is 9.59 Å². The van der Waals surface area contributed by atoms with Crippen LogP contribution in [0.5, 0.6) is 23.0 Å². The van der Waals surface area contributed by atoms with Crippen molar-refractivity contribution in [2.45, 2.75) is 91.3 Å². The van der Waals surface area contributed by atoms with E-state index in [9.17, 15) is 29.8 Å². The Bertz CT molecular complexity index is 1820. The molecule has 1 aliphatic rings. The number of nitro benzene ring substituents is 2. The SMILES string of the molecule is CCCCCCCOc1ccc(C(=O)Oc2cc3c(c([N+](=O)[O-])c2)-c2c(cc(OC(=O)c4ccc(OCCCCCCC)cc4)cc2[N+](=O)[O-])COC3)cc1. The Morgan fingerprint density at radius 2 is 0.945 bits per heavy atom. The number of esters is 2. The maximum atomic E-state index is 13.1. The van der Waals surface area contributed by atoms with Crippen LogP contribution >= 0.6 is 0 Å². The lowest BCUT2D eigenvalue weighted by Crippen LogP contribution is -2.10. The molecular formula is C42H46N2O11. The van der Waals surface area contributed by atoms with E-state index in [1.807, 2.05) is 0 Å². The topological polar surface area (TPSA) is 167 Å². The lowest BCUT2D eigenvalue weighted by atomic mass is 9.93. The fraction of sp³-hybridized carbons (Fsp3) is 0.381. The Balaban J connectivity index is 1.31. The molecule has 0 amide bonds. The highest BCUT2D eigenvalue weighted by molar-refractivity contribution is 5.93. The summed E-state index contributed by atoms with van der Waals surface area (Å²) < 4.78 is 28.4. The van der Waals surface area contributed by atoms with Crippen molar-refractivity contribution in [3.8, 4) is 34.1 Å². The van der Waals surface area contributed by atoms with Gasteiger partial charge in [-0.15, -0.1) is 0 Å². The van der Waals surface area contributed by atoms with Crippen molar-refractivity contribution in [2.24, 2.45) is 0 Å². The summed E-state index contributed by atoms with van der Waals surface area (Å²) in [5.41, 5.74) is -0.354. The van der Waals surface area contributed by atoms with Crippen molar-refractivity contribution >= 4 is 23.3 Å². The fourth-order valence-electron chi connectivity index (χ4n) is 6.29. The van der Waals surface area contributed by atoms with Gasteiger partial charge in [0.15, 0.2) is 0 Å². The Hall–Kier alpha value is -5.82. The summed E-state index contributed by atoms with van der Waals surface area (Å²) in [6.07, 6.45) is 11.0. The van der Waals surface area contributed by atoms with Gasteiger partial charge in [0.2, 0.25) is 0 Å². The molecule has 0 unspecified atom stereocenters. The van der Waals surface area contributed by atoms with Crippen LogP contribution in [0.4, 0.5) is 11.4 Å². The number of unbranched alkanes of at least 4 members (excludes halogenated alkanes) is 8. The lowest BCUT2D eigenvalue weighted by Gasteiger charge is -2.14. The highest BCUT2D eigenvalue weighted by Gasteiger charge is 2.33. The molecule has 0 saturated heterocycles. The Morgan fingerprint density at radius 3 is 1.31 bits per heavy atom. The predicted octanol–water partition coefficient (Wildman–Crippen LogP) is 10.3. The van der Waals surface area contributed by atoms with Crippen molar-refractivity contribution in [3.63, 3.8) is 0 Å². The van der Waals surface area contributed by atoms with Crippen LogP contribution in [-0.4, -0.2) is 35.0 Å². The Morgan fingerprint density at radius 1 is 0.564 bits per heavy atom. The molecule has 13 nitrogen and oxygen atoms in total. The molecule has 0 aromatic heterocycles. The third kappa shape index (κ3) is 11.1. The number of nitrogens with zero attached hydrogens (tertiary/aromatic N) is 2. The zero-order chi connectivity index (χ0) is 39.2. The first-order valence-corrected chi connectivity index (χ1v) is 18.8. The summed E-state index contributed by atoms with van der Waals surface area (Å²) in [5, 5.41) is 24.9. The van der Waals surface area contributed by atoms with E-state index in [0.29, 0.717) is 24.7 Å². The van der Waals surface area contributed by atoms with E-state index in [0.717, 1.165) is 63.5 Å². The molecule has 13 heteroatoms. The molecule has 0 bridgehead atoms. The van der Waals surface area contributed by atoms with Gasteiger partial charge in [0.25, 0.3) is 11.4 Å². The molecule has 1 aliphatic heterocycles. The zero-order valence-corrected chi connectivity index (χ0v) is 31.2. The van der Waals surface area contributed by atoms with Gasteiger partial charge < -0.3 is 23.7 Å². The van der Waals surface area contributed by atoms with Gasteiger partial charge in [0.05, 0.1) is 70.7 Å². The first kappa shape index (κ1) is 40.4. The summed E-state index contributed by atoms with van der Waals surface area (Å²) in [6, 6.07) is 17.7. The second-order valence-corrected chi connectivity index (χ2v) is 13.3. The maximum Gasteiger partial charge on any atom is 0.343 e. The monoisotopic (exact) mass is 754 g/mol. The molecule has 5 rings (SSSR count). The fourth-order valence-corrected chi connectivity index (χ4v) is 6.29. The minimum atomic E-state index is -0.757. The highest BCUT2D eigenvalue weighted by atomic mass is 16.6. The number of fused-ring (bicyclic) bond motifs is 3. The van der Waals surface area contributed by atoms with E-state index in [2.05, 4.69) is 13.8 Å². The van der Waals surface area contributed by atoms with Gasteiger partial charge in [-0.2, -0.15) is 0 Å². The summed E-state index contributed by atoms with van der Waals surface area (Å²) in [6.45, 7) is 5.08. The minimum Gasteiger partial charge on any atom is -0.494 e. The highest BCUT2D eigenvalue weighted by Crippen LogP contribution is 2.46. The number of rotatable bonds is 20. The molecule has 0 fully saturated rings. The maximum absolute atomic E-state index is 13.1. The molecular weight excluding hydrogens is 708 g/mol. The second-order valence-electron chi connectivity index (χ2n) is 13.3. The van der Waals surface area contributed by atoms with Crippen LogP contribution in [0, 0.1) is 20.2 Å². The van der Waals surface area contributed by atoms with E-state index in [4.69, 9.17) is 23.7 Å². The quantitative estimate of drug-likeness (QED) is 0.0277. The summed E-state index contributed by atoms with van der Waals surface area (Å²) >= 11 is 0. The average molecular weight is 755 g/mol. The van der Waals surface area contributed by atoms with E-state index in [1.54, 1.807) is 48.5 Å². The van der Waals surface area contributed by atoms with Gasteiger partial charge in [-0.3, -0.25) is 20.2 Å². The van der Waals surface area contributed by atoms with Crippen LogP contribution < -0.4 is 18.9 Å². The molecule has 1 heterocycles. The van der Waals surface area contributed by atoms with Crippen LogP contribution in [0.2, 0.25) is 0 Å². The molecule has 0 atom stereocenters. The second kappa shape index (κ2) is 20.0. The van der Waals surface area contributed by atoms with E-state index in [-0.39, 0.29) is 58.1 Å². The first-order valence-electron chi connectivity index (χ1n) is 18.8. The van der Waals surface area contributed by atoms with Crippen LogP contribution in [0.15, 0.2) is 72.8 Å². The molecule has 4 aromatic rings. The van der Waals surface area contributed by atoms with Crippen LogP contribution in [0.1, 0.15) is 110 Å². The Kier molecular flexibility index (Phi) is 14.7. The summed E-state index contributed by atoms with van der Waals surface area (Å²) in [4.78, 5) is 49.6. The number of hydrogen-bond acceptors (Lipinski definition) is 11. The molecule has 55 heavy (non-hydrogen) atoms. The smallest absolute Gasteiger partial charge is 0.343 e. The lowest BCUT2D eigenvalue weighted by molar-refractivity contribution is -0.386. The largest absolute Gasteiger partial charge is 0.494 e. The summed E-state index contributed by atoms with van der Waals surface area (Å²) in [5.74, 6) is -0.574. The minimum absolute atomic E-state index is 0.0565. The van der Waals surface area contributed by atoms with Crippen LogP contribution in [-0.2, 0) is 18.0 Å². The van der Waals surface area contributed by atoms with Gasteiger partial charge in [-0.05, 0) is 84.6 Å². The van der Waals surface area contributed by atoms with Gasteiger partial charge in [0, 0.05) is 0 Å². The third-order valence-electron chi connectivity index (χ3n) is 9.14. The predicted molar refractivity (Wildman–Crippen MR) is 205 cm³/mol. The molecule has 0 radical (unpaired) electrons. The number of nitro groups is 2. The normalized spacial score (nSPS) is 11.8. The van der Waals surface area contributed by atoms with Gasteiger partial charge in [-0.1, -0.05) is 65.2 Å². The van der Waals surface area contributed by atoms with Crippen LogP contribution in [0.25, 0.3) is 11.1 Å². The molecule has 0 saturated carbocycles. The van der Waals surface area contributed by atoms with E-state index >= 15 is 0 Å². The zero-order valence-electron chi connectivity index (χ0n) is 31.2. The number of benzene rings is 4. The number of carbonyl (C=O) groups excluding carboxylic acids is 2. The molecule has 290 valence electrons. The number of carbonyl (C=O) groups is 2. The van der Waals surface area contributed by atoms with Gasteiger partial charge in [0.1, 0.15) is 23.0 Å². The van der Waals surface area contributed by atoms with Crippen molar-refractivity contribution in [1.82, 2.24) is 0 Å². The van der Waals surface area contributed by atoms with Crippen molar-refractivity contribution in [3.05, 3.63) is 115 Å². The van der Waals surface area contributed by atoms with Crippen molar-refractivity contribution < 1.29 is 43.1 Å². The summed E-state index contributed by atoms with van der Waals surface area (Å²) in [7, 11) is 0. The average Bonchev–Trinajstić information content (AvgIpc) is 3.36. The molecule has 0 spiro atoms. The van der Waals surface area contributed by atoms with Crippen molar-refractivity contribution in [2.75, 3.05) is 13.2 Å². The number of ether oxygens (including phenoxy) is 5. The third-order valence-corrected chi connectivity index (χ3v) is 9.14. The standard InChI is InChI=1S/C42H46N2O11/c1-3-5-7-9-11-21-52-33-17-13-29(14-18-33)41(45)54-35-23-31-27-51-28-32-24-36(26-38(44(49)50)40(32)39(31)37(25-35)43(47)48)55-42(46)30-15-19-34(20-16-30)53-22-12-10-8-6-4-2/h13-20,23-26H,3-12,21-22,27-28H2,1-2H3. The van der Waals surface area contributed by atoms with Crippen molar-refractivity contribution in [1.29, 1.82) is 0 Å². The number of hydrogen-bond donors (Lipinski definition) is 0. The van der Waals surface area contributed by atoms with E-state index < -0.39 is 33.2 Å². The van der Waals surface area contributed by atoms with Gasteiger partial charge >= 0.3 is 11.9 Å². The molecule has 0 aliphatic carbocycles. The van der Waals surface area contributed by atoms with E-state index in [1.165, 1.54) is 25.0 Å². The first-order chi connectivity index (χ1) is 26.7.